The predicted octanol–water partition coefficient (Wildman–Crippen LogP) is 0.418. The molecule has 0 radical (unpaired) electrons. The van der Waals surface area contributed by atoms with Gasteiger partial charge in [0.15, 0.2) is 0 Å². The van der Waals surface area contributed by atoms with Crippen molar-refractivity contribution in [2.24, 2.45) is 5.92 Å². The number of hydrogen-bond acceptors (Lipinski definition) is 4. The summed E-state index contributed by atoms with van der Waals surface area (Å²) in [6.07, 6.45) is 3.60. The summed E-state index contributed by atoms with van der Waals surface area (Å²) in [4.78, 5) is 37.1. The van der Waals surface area contributed by atoms with Gasteiger partial charge in [-0.2, -0.15) is 0 Å². The number of likely N-dealkylation sites (tertiary alicyclic amines) is 1. The Kier molecular flexibility index (Phi) is 5.33. The number of carbonyl (C=O) groups is 3. The normalized spacial score (nSPS) is 24.0. The van der Waals surface area contributed by atoms with Crippen LogP contribution in [0.3, 0.4) is 0 Å². The number of imide groups is 1. The average Bonchev–Trinajstić information content (AvgIpc) is 2.72. The molecule has 2 aliphatic rings. The van der Waals surface area contributed by atoms with E-state index in [9.17, 15) is 14.4 Å². The van der Waals surface area contributed by atoms with Crippen molar-refractivity contribution in [1.29, 1.82) is 0 Å². The third-order valence-electron chi connectivity index (χ3n) is 4.27. The first-order valence-electron chi connectivity index (χ1n) is 7.85. The third kappa shape index (κ3) is 4.03. The van der Waals surface area contributed by atoms with E-state index in [0.717, 1.165) is 32.4 Å². The second kappa shape index (κ2) is 7.02. The third-order valence-corrected chi connectivity index (χ3v) is 4.27. The maximum absolute atomic E-state index is 12.1. The molecule has 0 aliphatic carbocycles. The summed E-state index contributed by atoms with van der Waals surface area (Å²) in [5, 5.41) is 6.02. The molecule has 0 aromatic heterocycles. The van der Waals surface area contributed by atoms with E-state index >= 15 is 0 Å². The van der Waals surface area contributed by atoms with E-state index < -0.39 is 6.04 Å². The lowest BCUT2D eigenvalue weighted by atomic mass is 9.93. The molecule has 2 aliphatic heterocycles. The molecule has 1 atom stereocenters. The van der Waals surface area contributed by atoms with Crippen molar-refractivity contribution in [3.8, 4) is 0 Å². The SMILES string of the molecule is CC(C)N1C(=O)CC(NC(=O)CCC2CCNCC2)C1=O. The van der Waals surface area contributed by atoms with Crippen LogP contribution in [0.1, 0.15) is 46.0 Å². The molecule has 6 nitrogen and oxygen atoms in total. The zero-order chi connectivity index (χ0) is 15.4. The Balaban J connectivity index is 1.77. The van der Waals surface area contributed by atoms with Gasteiger partial charge in [0.25, 0.3) is 5.91 Å². The average molecular weight is 295 g/mol. The predicted molar refractivity (Wildman–Crippen MR) is 78.4 cm³/mol. The molecule has 0 saturated carbocycles. The van der Waals surface area contributed by atoms with Crippen LogP contribution in [0.15, 0.2) is 0 Å². The minimum absolute atomic E-state index is 0.0934. The van der Waals surface area contributed by atoms with Crippen molar-refractivity contribution < 1.29 is 14.4 Å². The van der Waals surface area contributed by atoms with E-state index in [1.165, 1.54) is 4.90 Å². The Bertz CT molecular complexity index is 416. The zero-order valence-corrected chi connectivity index (χ0v) is 12.9. The maximum Gasteiger partial charge on any atom is 0.252 e. The van der Waals surface area contributed by atoms with Crippen LogP contribution in [0.4, 0.5) is 0 Å². The van der Waals surface area contributed by atoms with Gasteiger partial charge in [-0.25, -0.2) is 0 Å². The summed E-state index contributed by atoms with van der Waals surface area (Å²) >= 11 is 0. The molecular formula is C15H25N3O3. The maximum atomic E-state index is 12.1. The van der Waals surface area contributed by atoms with E-state index in [-0.39, 0.29) is 30.2 Å². The molecule has 0 spiro atoms. The van der Waals surface area contributed by atoms with Gasteiger partial charge in [0.05, 0.1) is 6.42 Å². The van der Waals surface area contributed by atoms with Gasteiger partial charge < -0.3 is 10.6 Å². The van der Waals surface area contributed by atoms with E-state index in [4.69, 9.17) is 0 Å². The van der Waals surface area contributed by atoms with Crippen LogP contribution in [-0.2, 0) is 14.4 Å². The Labute approximate surface area is 125 Å². The molecule has 0 aromatic carbocycles. The summed E-state index contributed by atoms with van der Waals surface area (Å²) in [5.41, 5.74) is 0. The highest BCUT2D eigenvalue weighted by molar-refractivity contribution is 6.07. The molecule has 6 heteroatoms. The van der Waals surface area contributed by atoms with Crippen LogP contribution in [0.5, 0.6) is 0 Å². The standard InChI is InChI=1S/C15H25N3O3/c1-10(2)18-14(20)9-12(15(18)21)17-13(19)4-3-11-5-7-16-8-6-11/h10-12,16H,3-9H2,1-2H3,(H,17,19). The lowest BCUT2D eigenvalue weighted by Gasteiger charge is -2.22. The monoisotopic (exact) mass is 295 g/mol. The molecule has 3 amide bonds. The summed E-state index contributed by atoms with van der Waals surface area (Å²) in [5.74, 6) is -0.000709. The summed E-state index contributed by atoms with van der Waals surface area (Å²) < 4.78 is 0. The first kappa shape index (κ1) is 15.9. The minimum Gasteiger partial charge on any atom is -0.344 e. The fourth-order valence-electron chi connectivity index (χ4n) is 3.08. The van der Waals surface area contributed by atoms with Crippen LogP contribution in [0, 0.1) is 5.92 Å². The Hall–Kier alpha value is -1.43. The molecular weight excluding hydrogens is 270 g/mol. The van der Waals surface area contributed by atoms with Gasteiger partial charge in [-0.3, -0.25) is 19.3 Å². The van der Waals surface area contributed by atoms with Crippen LogP contribution >= 0.6 is 0 Å². The van der Waals surface area contributed by atoms with Crippen molar-refractivity contribution in [2.45, 2.75) is 58.0 Å². The van der Waals surface area contributed by atoms with Crippen molar-refractivity contribution in [3.63, 3.8) is 0 Å². The molecule has 2 N–H and O–H groups in total. The van der Waals surface area contributed by atoms with E-state index in [0.29, 0.717) is 12.3 Å². The number of amides is 3. The number of piperidine rings is 1. The van der Waals surface area contributed by atoms with Gasteiger partial charge in [0.2, 0.25) is 11.8 Å². The number of rotatable bonds is 5. The molecule has 21 heavy (non-hydrogen) atoms. The van der Waals surface area contributed by atoms with Gasteiger partial charge in [-0.15, -0.1) is 0 Å². The van der Waals surface area contributed by atoms with E-state index in [2.05, 4.69) is 10.6 Å². The minimum atomic E-state index is -0.666. The molecule has 1 unspecified atom stereocenters. The first-order valence-corrected chi connectivity index (χ1v) is 7.85. The van der Waals surface area contributed by atoms with Gasteiger partial charge in [-0.1, -0.05) is 0 Å². The smallest absolute Gasteiger partial charge is 0.252 e. The Morgan fingerprint density at radius 2 is 2.00 bits per heavy atom. The Morgan fingerprint density at radius 1 is 1.33 bits per heavy atom. The van der Waals surface area contributed by atoms with Crippen molar-refractivity contribution >= 4 is 17.7 Å². The van der Waals surface area contributed by atoms with Crippen LogP contribution < -0.4 is 10.6 Å². The molecule has 118 valence electrons. The van der Waals surface area contributed by atoms with Crippen molar-refractivity contribution in [3.05, 3.63) is 0 Å². The summed E-state index contributed by atoms with van der Waals surface area (Å²) in [7, 11) is 0. The molecule has 2 saturated heterocycles. The highest BCUT2D eigenvalue weighted by atomic mass is 16.2. The lowest BCUT2D eigenvalue weighted by Crippen LogP contribution is -2.43. The number of carbonyl (C=O) groups excluding carboxylic acids is 3. The molecule has 2 rings (SSSR count). The lowest BCUT2D eigenvalue weighted by molar-refractivity contribution is -0.141. The quantitative estimate of drug-likeness (QED) is 0.721. The summed E-state index contributed by atoms with van der Waals surface area (Å²) in [6, 6.07) is -0.818. The van der Waals surface area contributed by atoms with Crippen molar-refractivity contribution in [1.82, 2.24) is 15.5 Å². The van der Waals surface area contributed by atoms with E-state index in [1.807, 2.05) is 0 Å². The first-order chi connectivity index (χ1) is 9.99. The van der Waals surface area contributed by atoms with Crippen LogP contribution in [0.2, 0.25) is 0 Å². The summed E-state index contributed by atoms with van der Waals surface area (Å²) in [6.45, 7) is 5.64. The zero-order valence-electron chi connectivity index (χ0n) is 12.9. The topological polar surface area (TPSA) is 78.5 Å². The molecule has 2 fully saturated rings. The fourth-order valence-corrected chi connectivity index (χ4v) is 3.08. The number of nitrogens with one attached hydrogen (secondary N) is 2. The van der Waals surface area contributed by atoms with Gasteiger partial charge in [0.1, 0.15) is 6.04 Å². The van der Waals surface area contributed by atoms with Gasteiger partial charge >= 0.3 is 0 Å². The second-order valence-corrected chi connectivity index (χ2v) is 6.25. The number of nitrogens with zero attached hydrogens (tertiary/aromatic N) is 1. The highest BCUT2D eigenvalue weighted by Gasteiger charge is 2.40. The second-order valence-electron chi connectivity index (χ2n) is 6.25. The van der Waals surface area contributed by atoms with Crippen LogP contribution in [-0.4, -0.2) is 47.8 Å². The fraction of sp³-hybridized carbons (Fsp3) is 0.800. The van der Waals surface area contributed by atoms with Gasteiger partial charge in [-0.05, 0) is 52.1 Å². The van der Waals surface area contributed by atoms with E-state index in [1.54, 1.807) is 13.8 Å². The van der Waals surface area contributed by atoms with Crippen LogP contribution in [0.25, 0.3) is 0 Å². The molecule has 0 bridgehead atoms. The largest absolute Gasteiger partial charge is 0.344 e. The number of hydrogen-bond donors (Lipinski definition) is 2. The Morgan fingerprint density at radius 3 is 2.57 bits per heavy atom. The van der Waals surface area contributed by atoms with Crippen molar-refractivity contribution in [2.75, 3.05) is 13.1 Å². The molecule has 2 heterocycles. The van der Waals surface area contributed by atoms with Gasteiger partial charge in [0, 0.05) is 12.5 Å². The molecule has 0 aromatic rings. The highest BCUT2D eigenvalue weighted by Crippen LogP contribution is 2.19.